The Morgan fingerprint density at radius 3 is 2.61 bits per heavy atom. The van der Waals surface area contributed by atoms with Crippen LogP contribution in [0.1, 0.15) is 55.6 Å². The molecule has 2 aromatic heterocycles. The molecule has 0 radical (unpaired) electrons. The Morgan fingerprint density at radius 1 is 1.35 bits per heavy atom. The molecule has 6 heteroatoms. The molecule has 2 heterocycles. The van der Waals surface area contributed by atoms with E-state index < -0.39 is 5.60 Å². The number of nitrogens with one attached hydrogen (secondary N) is 1. The summed E-state index contributed by atoms with van der Waals surface area (Å²) in [5, 5.41) is 18.4. The van der Waals surface area contributed by atoms with Gasteiger partial charge in [0, 0.05) is 19.3 Å². The summed E-state index contributed by atoms with van der Waals surface area (Å²) in [7, 11) is 1.80. The summed E-state index contributed by atoms with van der Waals surface area (Å²) in [5.74, 6) is -0.195. The first-order valence-corrected chi connectivity index (χ1v) is 8.20. The molecule has 126 valence electrons. The highest BCUT2D eigenvalue weighted by Crippen LogP contribution is 2.20. The van der Waals surface area contributed by atoms with Gasteiger partial charge in [-0.05, 0) is 25.8 Å². The zero-order valence-electron chi connectivity index (χ0n) is 14.4. The molecule has 0 aliphatic rings. The van der Waals surface area contributed by atoms with E-state index in [1.54, 1.807) is 24.0 Å². The molecule has 1 amide bonds. The third-order valence-electron chi connectivity index (χ3n) is 4.09. The summed E-state index contributed by atoms with van der Waals surface area (Å²) >= 11 is 0. The van der Waals surface area contributed by atoms with Gasteiger partial charge in [-0.15, -0.1) is 0 Å². The quantitative estimate of drug-likeness (QED) is 0.821. The lowest BCUT2D eigenvalue weighted by Gasteiger charge is -2.27. The van der Waals surface area contributed by atoms with Crippen LogP contribution in [-0.2, 0) is 7.05 Å². The molecule has 0 bridgehead atoms. The van der Waals surface area contributed by atoms with E-state index in [0.717, 1.165) is 23.9 Å². The van der Waals surface area contributed by atoms with Gasteiger partial charge in [0.15, 0.2) is 5.65 Å². The van der Waals surface area contributed by atoms with Crippen LogP contribution in [0, 0.1) is 6.92 Å². The van der Waals surface area contributed by atoms with E-state index in [-0.39, 0.29) is 12.5 Å². The monoisotopic (exact) mass is 318 g/mol. The van der Waals surface area contributed by atoms with E-state index in [1.165, 1.54) is 0 Å². The van der Waals surface area contributed by atoms with Crippen LogP contribution in [0.5, 0.6) is 0 Å². The predicted molar refractivity (Wildman–Crippen MR) is 90.3 cm³/mol. The van der Waals surface area contributed by atoms with Gasteiger partial charge in [-0.1, -0.05) is 26.7 Å². The van der Waals surface area contributed by atoms with Crippen molar-refractivity contribution in [3.8, 4) is 0 Å². The maximum atomic E-state index is 12.6. The van der Waals surface area contributed by atoms with Gasteiger partial charge in [0.2, 0.25) is 0 Å². The fourth-order valence-electron chi connectivity index (χ4n) is 3.00. The fraction of sp³-hybridized carbons (Fsp3) is 0.588. The van der Waals surface area contributed by atoms with Gasteiger partial charge >= 0.3 is 0 Å². The van der Waals surface area contributed by atoms with Crippen molar-refractivity contribution in [3.05, 3.63) is 23.5 Å². The third-order valence-corrected chi connectivity index (χ3v) is 4.09. The van der Waals surface area contributed by atoms with E-state index in [2.05, 4.69) is 15.4 Å². The van der Waals surface area contributed by atoms with E-state index in [4.69, 9.17) is 0 Å². The average molecular weight is 318 g/mol. The predicted octanol–water partition coefficient (Wildman–Crippen LogP) is 2.34. The largest absolute Gasteiger partial charge is 0.388 e. The molecule has 0 saturated carbocycles. The number of aryl methyl sites for hydroxylation is 2. The number of pyridine rings is 1. The van der Waals surface area contributed by atoms with Crippen molar-refractivity contribution in [3.63, 3.8) is 0 Å². The number of fused-ring (bicyclic) bond motifs is 1. The molecular weight excluding hydrogens is 292 g/mol. The minimum atomic E-state index is -0.838. The minimum Gasteiger partial charge on any atom is -0.388 e. The van der Waals surface area contributed by atoms with Crippen molar-refractivity contribution in [2.75, 3.05) is 6.54 Å². The van der Waals surface area contributed by atoms with Crippen LogP contribution in [0.4, 0.5) is 0 Å². The highest BCUT2D eigenvalue weighted by molar-refractivity contribution is 6.05. The van der Waals surface area contributed by atoms with E-state index in [1.807, 2.05) is 20.8 Å². The van der Waals surface area contributed by atoms with E-state index in [9.17, 15) is 9.90 Å². The Morgan fingerprint density at radius 2 is 2.00 bits per heavy atom. The van der Waals surface area contributed by atoms with Gasteiger partial charge in [-0.2, -0.15) is 5.10 Å². The van der Waals surface area contributed by atoms with Crippen LogP contribution in [0.2, 0.25) is 0 Å². The summed E-state index contributed by atoms with van der Waals surface area (Å²) in [6.45, 7) is 6.19. The molecule has 0 saturated heterocycles. The van der Waals surface area contributed by atoms with Crippen molar-refractivity contribution in [1.82, 2.24) is 20.1 Å². The molecule has 0 spiro atoms. The number of hydrogen-bond donors (Lipinski definition) is 2. The highest BCUT2D eigenvalue weighted by atomic mass is 16.3. The van der Waals surface area contributed by atoms with Crippen LogP contribution >= 0.6 is 0 Å². The molecule has 2 rings (SSSR count). The van der Waals surface area contributed by atoms with Crippen molar-refractivity contribution in [2.24, 2.45) is 7.05 Å². The first-order valence-electron chi connectivity index (χ1n) is 8.20. The van der Waals surface area contributed by atoms with Crippen molar-refractivity contribution in [2.45, 2.75) is 52.1 Å². The Kier molecular flexibility index (Phi) is 5.36. The van der Waals surface area contributed by atoms with Gasteiger partial charge in [-0.25, -0.2) is 4.98 Å². The fourth-order valence-corrected chi connectivity index (χ4v) is 3.00. The summed E-state index contributed by atoms with van der Waals surface area (Å²) in [6, 6.07) is 1.76. The summed E-state index contributed by atoms with van der Waals surface area (Å²) in [4.78, 5) is 17.0. The van der Waals surface area contributed by atoms with Crippen molar-refractivity contribution >= 4 is 16.9 Å². The first-order chi connectivity index (χ1) is 10.9. The van der Waals surface area contributed by atoms with Crippen LogP contribution < -0.4 is 5.32 Å². The number of hydrogen-bond acceptors (Lipinski definition) is 4. The second-order valence-electron chi connectivity index (χ2n) is 6.22. The number of aliphatic hydroxyl groups is 1. The number of carbonyl (C=O) groups is 1. The zero-order chi connectivity index (χ0) is 17.0. The molecule has 0 aromatic carbocycles. The molecule has 0 aliphatic heterocycles. The maximum Gasteiger partial charge on any atom is 0.252 e. The maximum absolute atomic E-state index is 12.6. The molecule has 0 aliphatic carbocycles. The van der Waals surface area contributed by atoms with Crippen LogP contribution in [0.25, 0.3) is 11.0 Å². The smallest absolute Gasteiger partial charge is 0.252 e. The number of nitrogens with zero attached hydrogens (tertiary/aromatic N) is 3. The summed E-state index contributed by atoms with van der Waals surface area (Å²) in [6.07, 6.45) is 4.78. The molecule has 0 fully saturated rings. The first kappa shape index (κ1) is 17.4. The van der Waals surface area contributed by atoms with Gasteiger partial charge in [0.25, 0.3) is 5.91 Å². The average Bonchev–Trinajstić information content (AvgIpc) is 2.86. The Hall–Kier alpha value is -1.95. The molecule has 6 nitrogen and oxygen atoms in total. The Bertz CT molecular complexity index is 687. The lowest BCUT2D eigenvalue weighted by Crippen LogP contribution is -2.42. The van der Waals surface area contributed by atoms with E-state index in [0.29, 0.717) is 24.1 Å². The van der Waals surface area contributed by atoms with Crippen LogP contribution in [-0.4, -0.2) is 37.9 Å². The van der Waals surface area contributed by atoms with Gasteiger partial charge in [0.05, 0.1) is 22.7 Å². The lowest BCUT2D eigenvalue weighted by molar-refractivity contribution is 0.0213. The highest BCUT2D eigenvalue weighted by Gasteiger charge is 2.26. The molecule has 0 atom stereocenters. The second-order valence-corrected chi connectivity index (χ2v) is 6.22. The van der Waals surface area contributed by atoms with Gasteiger partial charge in [0.1, 0.15) is 0 Å². The molecule has 23 heavy (non-hydrogen) atoms. The van der Waals surface area contributed by atoms with Crippen molar-refractivity contribution in [1.29, 1.82) is 0 Å². The number of carbonyl (C=O) groups excluding carboxylic acids is 1. The lowest BCUT2D eigenvalue weighted by atomic mass is 9.92. The normalized spacial score (nSPS) is 11.9. The standard InChI is InChI=1S/C17H26N4O2/c1-5-7-17(23,8-6-2)11-18-16(22)13-9-12(3)20-15-14(13)10-19-21(15)4/h9-10,23H,5-8,11H2,1-4H3,(H,18,22). The molecule has 2 N–H and O–H groups in total. The van der Waals surface area contributed by atoms with Crippen LogP contribution in [0.3, 0.4) is 0 Å². The zero-order valence-corrected chi connectivity index (χ0v) is 14.4. The Balaban J connectivity index is 2.21. The molecule has 0 unspecified atom stereocenters. The Labute approximate surface area is 136 Å². The van der Waals surface area contributed by atoms with Crippen LogP contribution in [0.15, 0.2) is 12.3 Å². The van der Waals surface area contributed by atoms with Gasteiger partial charge < -0.3 is 10.4 Å². The summed E-state index contributed by atoms with van der Waals surface area (Å²) < 4.78 is 1.66. The topological polar surface area (TPSA) is 80.0 Å². The molecule has 2 aromatic rings. The minimum absolute atomic E-state index is 0.195. The number of rotatable bonds is 7. The number of aromatic nitrogens is 3. The number of amides is 1. The third kappa shape index (κ3) is 3.88. The van der Waals surface area contributed by atoms with Crippen molar-refractivity contribution < 1.29 is 9.90 Å². The molecular formula is C17H26N4O2. The summed E-state index contributed by atoms with van der Waals surface area (Å²) in [5.41, 5.74) is 1.17. The SMILES string of the molecule is CCCC(O)(CCC)CNC(=O)c1cc(C)nc2c1cnn2C. The van der Waals surface area contributed by atoms with Gasteiger partial charge in [-0.3, -0.25) is 9.48 Å². The van der Waals surface area contributed by atoms with E-state index >= 15 is 0 Å². The second kappa shape index (κ2) is 7.08.